The molecule has 4 aromatic rings. The van der Waals surface area contributed by atoms with Gasteiger partial charge in [-0.2, -0.15) is 0 Å². The summed E-state index contributed by atoms with van der Waals surface area (Å²) in [7, 11) is 0. The zero-order valence-corrected chi connectivity index (χ0v) is 17.9. The van der Waals surface area contributed by atoms with Crippen molar-refractivity contribution in [1.29, 1.82) is 0 Å². The van der Waals surface area contributed by atoms with Crippen molar-refractivity contribution in [1.82, 2.24) is 24.8 Å². The van der Waals surface area contributed by atoms with Crippen LogP contribution in [0.2, 0.25) is 0 Å². The van der Waals surface area contributed by atoms with Crippen LogP contribution in [0.25, 0.3) is 11.3 Å². The van der Waals surface area contributed by atoms with Crippen LogP contribution >= 0.6 is 0 Å². The fourth-order valence-electron chi connectivity index (χ4n) is 4.09. The second-order valence-electron chi connectivity index (χ2n) is 8.01. The average Bonchev–Trinajstić information content (AvgIpc) is 3.34. The Morgan fingerprint density at radius 2 is 1.88 bits per heavy atom. The minimum atomic E-state index is -0.272. The van der Waals surface area contributed by atoms with Gasteiger partial charge in [-0.3, -0.25) is 4.79 Å². The molecular formula is C25H22FN5O2. The molecule has 8 heteroatoms. The monoisotopic (exact) mass is 443 g/mol. The molecule has 33 heavy (non-hydrogen) atoms. The van der Waals surface area contributed by atoms with Gasteiger partial charge in [-0.15, -0.1) is 0 Å². The standard InChI is InChI=1S/C25H22FN5O2/c26-19-9-7-17(8-10-19)12-20-15-29-24(33-20)23-6-1-2-11-31(23)25(32)22-5-3-4-21(30-22)18-13-27-16-28-14-18/h3-5,7-10,13-16,23H,1-2,6,11-12H2/t23-/m1/s1. The van der Waals surface area contributed by atoms with Crippen molar-refractivity contribution < 1.29 is 13.6 Å². The van der Waals surface area contributed by atoms with Gasteiger partial charge < -0.3 is 9.32 Å². The second-order valence-corrected chi connectivity index (χ2v) is 8.01. The number of likely N-dealkylation sites (tertiary alicyclic amines) is 1. The third-order valence-corrected chi connectivity index (χ3v) is 5.74. The number of carbonyl (C=O) groups excluding carboxylic acids is 1. The Bertz CT molecular complexity index is 1240. The maximum absolute atomic E-state index is 13.4. The molecule has 0 spiro atoms. The van der Waals surface area contributed by atoms with Crippen LogP contribution in [0, 0.1) is 5.82 Å². The lowest BCUT2D eigenvalue weighted by atomic mass is 10.0. The van der Waals surface area contributed by atoms with E-state index in [0.29, 0.717) is 36.0 Å². The van der Waals surface area contributed by atoms with Gasteiger partial charge in [0.2, 0.25) is 5.89 Å². The SMILES string of the molecule is O=C(c1cccc(-c2cncnc2)n1)N1CCCC[C@@H]1c1ncc(Cc2ccc(F)cc2)o1. The van der Waals surface area contributed by atoms with E-state index in [0.717, 1.165) is 30.4 Å². The van der Waals surface area contributed by atoms with E-state index < -0.39 is 0 Å². The fourth-order valence-corrected chi connectivity index (χ4v) is 4.09. The van der Waals surface area contributed by atoms with E-state index in [1.54, 1.807) is 41.7 Å². The summed E-state index contributed by atoms with van der Waals surface area (Å²) < 4.78 is 19.2. The predicted molar refractivity (Wildman–Crippen MR) is 119 cm³/mol. The Morgan fingerprint density at radius 3 is 2.70 bits per heavy atom. The van der Waals surface area contributed by atoms with Crippen molar-refractivity contribution in [2.24, 2.45) is 0 Å². The molecule has 7 nitrogen and oxygen atoms in total. The third-order valence-electron chi connectivity index (χ3n) is 5.74. The maximum Gasteiger partial charge on any atom is 0.273 e. The predicted octanol–water partition coefficient (Wildman–Crippen LogP) is 4.62. The van der Waals surface area contributed by atoms with E-state index in [2.05, 4.69) is 19.9 Å². The molecule has 1 atom stereocenters. The lowest BCUT2D eigenvalue weighted by Gasteiger charge is -2.33. The number of piperidine rings is 1. The van der Waals surface area contributed by atoms with Crippen molar-refractivity contribution >= 4 is 5.91 Å². The Labute approximate surface area is 190 Å². The Kier molecular flexibility index (Phi) is 5.89. The van der Waals surface area contributed by atoms with Crippen molar-refractivity contribution in [2.75, 3.05) is 6.54 Å². The van der Waals surface area contributed by atoms with Crippen LogP contribution in [0.5, 0.6) is 0 Å². The van der Waals surface area contributed by atoms with Gasteiger partial charge in [0, 0.05) is 30.9 Å². The number of halogens is 1. The lowest BCUT2D eigenvalue weighted by molar-refractivity contribution is 0.0564. The first kappa shape index (κ1) is 20.9. The number of nitrogens with zero attached hydrogens (tertiary/aromatic N) is 5. The van der Waals surface area contributed by atoms with Crippen molar-refractivity contribution in [3.63, 3.8) is 0 Å². The third kappa shape index (κ3) is 4.64. The highest BCUT2D eigenvalue weighted by Gasteiger charge is 2.32. The number of hydrogen-bond donors (Lipinski definition) is 0. The van der Waals surface area contributed by atoms with Crippen LogP contribution in [-0.2, 0) is 6.42 Å². The molecule has 1 aliphatic heterocycles. The Morgan fingerprint density at radius 1 is 1.06 bits per heavy atom. The molecule has 0 unspecified atom stereocenters. The molecule has 1 saturated heterocycles. The van der Waals surface area contributed by atoms with Gasteiger partial charge >= 0.3 is 0 Å². The van der Waals surface area contributed by atoms with E-state index in [1.165, 1.54) is 18.5 Å². The molecule has 1 fully saturated rings. The van der Waals surface area contributed by atoms with Gasteiger partial charge in [-0.1, -0.05) is 18.2 Å². The first-order chi connectivity index (χ1) is 16.2. The summed E-state index contributed by atoms with van der Waals surface area (Å²) in [6, 6.07) is 11.4. The summed E-state index contributed by atoms with van der Waals surface area (Å²) in [5.41, 5.74) is 2.69. The van der Waals surface area contributed by atoms with Crippen LogP contribution < -0.4 is 0 Å². The topological polar surface area (TPSA) is 85.0 Å². The van der Waals surface area contributed by atoms with Crippen molar-refractivity contribution in [3.05, 3.63) is 96.1 Å². The number of aromatic nitrogens is 4. The highest BCUT2D eigenvalue weighted by molar-refractivity contribution is 5.93. The minimum absolute atomic E-state index is 0.156. The van der Waals surface area contributed by atoms with E-state index in [-0.39, 0.29) is 17.8 Å². The van der Waals surface area contributed by atoms with Crippen LogP contribution in [0.15, 0.2) is 71.8 Å². The molecule has 0 aliphatic carbocycles. The minimum Gasteiger partial charge on any atom is -0.443 e. The summed E-state index contributed by atoms with van der Waals surface area (Å²) >= 11 is 0. The van der Waals surface area contributed by atoms with Gasteiger partial charge in [-0.05, 0) is 49.1 Å². The van der Waals surface area contributed by atoms with Crippen molar-refractivity contribution in [2.45, 2.75) is 31.7 Å². The van der Waals surface area contributed by atoms with Gasteiger partial charge in [0.15, 0.2) is 0 Å². The van der Waals surface area contributed by atoms with Crippen LogP contribution in [0.4, 0.5) is 4.39 Å². The molecule has 166 valence electrons. The van der Waals surface area contributed by atoms with Crippen molar-refractivity contribution in [3.8, 4) is 11.3 Å². The molecule has 0 N–H and O–H groups in total. The van der Waals surface area contributed by atoms with Crippen LogP contribution in [-0.4, -0.2) is 37.3 Å². The normalized spacial score (nSPS) is 16.0. The first-order valence-electron chi connectivity index (χ1n) is 10.9. The second kappa shape index (κ2) is 9.28. The average molecular weight is 443 g/mol. The molecule has 1 amide bonds. The summed E-state index contributed by atoms with van der Waals surface area (Å²) in [6.07, 6.45) is 9.66. The Balaban J connectivity index is 1.37. The van der Waals surface area contributed by atoms with Crippen LogP contribution in [0.3, 0.4) is 0 Å². The molecule has 1 aliphatic rings. The number of oxazole rings is 1. The largest absolute Gasteiger partial charge is 0.443 e. The summed E-state index contributed by atoms with van der Waals surface area (Å²) in [6.45, 7) is 0.611. The number of rotatable bonds is 5. The van der Waals surface area contributed by atoms with E-state index in [9.17, 15) is 9.18 Å². The number of benzene rings is 1. The lowest BCUT2D eigenvalue weighted by Crippen LogP contribution is -2.39. The molecule has 4 heterocycles. The molecule has 0 saturated carbocycles. The number of hydrogen-bond acceptors (Lipinski definition) is 6. The zero-order chi connectivity index (χ0) is 22.6. The summed E-state index contributed by atoms with van der Waals surface area (Å²) in [4.78, 5) is 32.3. The number of amides is 1. The van der Waals surface area contributed by atoms with Gasteiger partial charge in [0.05, 0.1) is 11.9 Å². The number of pyridine rings is 1. The highest BCUT2D eigenvalue weighted by atomic mass is 19.1. The fraction of sp³-hybridized carbons (Fsp3) is 0.240. The molecule has 1 aromatic carbocycles. The molecule has 5 rings (SSSR count). The van der Waals surface area contributed by atoms with Gasteiger partial charge in [0.25, 0.3) is 5.91 Å². The Hall–Kier alpha value is -3.94. The summed E-state index contributed by atoms with van der Waals surface area (Å²) in [5, 5.41) is 0. The molecule has 0 radical (unpaired) electrons. The maximum atomic E-state index is 13.4. The molecule has 3 aromatic heterocycles. The number of carbonyl (C=O) groups is 1. The highest BCUT2D eigenvalue weighted by Crippen LogP contribution is 2.32. The van der Waals surface area contributed by atoms with Gasteiger partial charge in [0.1, 0.15) is 29.6 Å². The summed E-state index contributed by atoms with van der Waals surface area (Å²) in [5.74, 6) is 0.772. The van der Waals surface area contributed by atoms with Gasteiger partial charge in [-0.25, -0.2) is 24.3 Å². The van der Waals surface area contributed by atoms with E-state index in [1.807, 2.05) is 12.1 Å². The van der Waals surface area contributed by atoms with E-state index in [4.69, 9.17) is 4.42 Å². The quantitative estimate of drug-likeness (QED) is 0.447. The zero-order valence-electron chi connectivity index (χ0n) is 17.9. The van der Waals surface area contributed by atoms with Crippen LogP contribution in [0.1, 0.15) is 53.0 Å². The first-order valence-corrected chi connectivity index (χ1v) is 10.9. The molecule has 0 bridgehead atoms. The smallest absolute Gasteiger partial charge is 0.273 e. The van der Waals surface area contributed by atoms with E-state index >= 15 is 0 Å². The molecular weight excluding hydrogens is 421 g/mol.